The van der Waals surface area contributed by atoms with Crippen LogP contribution in [0.1, 0.15) is 129 Å². The number of hydrogen-bond donors (Lipinski definition) is 2. The molecule has 2 atom stereocenters. The maximum absolute atomic E-state index is 11.7. The molecule has 0 saturated heterocycles. The lowest BCUT2D eigenvalue weighted by molar-refractivity contribution is -0.144. The average molecular weight is 544 g/mol. The van der Waals surface area contributed by atoms with Crippen molar-refractivity contribution < 1.29 is 34.1 Å². The summed E-state index contributed by atoms with van der Waals surface area (Å²) < 4.78 is 10.5. The Kier molecular flexibility index (Phi) is 26.0. The lowest BCUT2D eigenvalue weighted by atomic mass is 10.1. The van der Waals surface area contributed by atoms with Gasteiger partial charge in [0.15, 0.2) is 0 Å². The number of unbranched alkanes of at least 4 members (excludes halogenated alkanes) is 9. The van der Waals surface area contributed by atoms with E-state index in [4.69, 9.17) is 9.47 Å². The minimum absolute atomic E-state index is 0.141. The number of aliphatic hydroxyl groups is 2. The molecule has 38 heavy (non-hydrogen) atoms. The minimum Gasteiger partial charge on any atom is -0.466 e. The third kappa shape index (κ3) is 24.8. The number of ether oxygens (including phenoxy) is 2. The lowest BCUT2D eigenvalue weighted by Crippen LogP contribution is -2.38. The van der Waals surface area contributed by atoms with Gasteiger partial charge in [-0.3, -0.25) is 14.5 Å². The summed E-state index contributed by atoms with van der Waals surface area (Å²) in [6.07, 6.45) is 14.5. The maximum atomic E-state index is 11.7. The van der Waals surface area contributed by atoms with Gasteiger partial charge in [0.2, 0.25) is 0 Å². The van der Waals surface area contributed by atoms with Crippen molar-refractivity contribution in [3.63, 3.8) is 0 Å². The number of carbonyl (C=O) groups is 3. The van der Waals surface area contributed by atoms with Gasteiger partial charge in [0.25, 0.3) is 0 Å². The van der Waals surface area contributed by atoms with Crippen LogP contribution >= 0.6 is 0 Å². The Morgan fingerprint density at radius 1 is 0.684 bits per heavy atom. The van der Waals surface area contributed by atoms with Crippen molar-refractivity contribution in [3.05, 3.63) is 0 Å². The van der Waals surface area contributed by atoms with Crippen molar-refractivity contribution in [1.29, 1.82) is 0 Å². The second kappa shape index (κ2) is 27.1. The van der Waals surface area contributed by atoms with Gasteiger partial charge in [0.05, 0.1) is 25.4 Å². The van der Waals surface area contributed by atoms with Gasteiger partial charge < -0.3 is 24.5 Å². The highest BCUT2D eigenvalue weighted by Crippen LogP contribution is 2.10. The monoisotopic (exact) mass is 543 g/mol. The van der Waals surface area contributed by atoms with Crippen LogP contribution in [0, 0.1) is 0 Å². The topological polar surface area (TPSA) is 113 Å². The van der Waals surface area contributed by atoms with E-state index in [-0.39, 0.29) is 11.9 Å². The van der Waals surface area contributed by atoms with Crippen LogP contribution in [-0.2, 0) is 23.9 Å². The molecule has 0 bridgehead atoms. The molecule has 0 fully saturated rings. The van der Waals surface area contributed by atoms with E-state index in [2.05, 4.69) is 13.8 Å². The van der Waals surface area contributed by atoms with Crippen molar-refractivity contribution in [1.82, 2.24) is 4.90 Å². The molecular weight excluding hydrogens is 486 g/mol. The summed E-state index contributed by atoms with van der Waals surface area (Å²) in [6, 6.07) is 0. The quantitative estimate of drug-likeness (QED) is 0.0771. The van der Waals surface area contributed by atoms with Gasteiger partial charge in [-0.25, -0.2) is 0 Å². The molecule has 0 radical (unpaired) electrons. The summed E-state index contributed by atoms with van der Waals surface area (Å²) in [6.45, 7) is 6.55. The molecule has 0 aliphatic rings. The van der Waals surface area contributed by atoms with E-state index in [1.807, 2.05) is 4.90 Å². The normalized spacial score (nSPS) is 12.9. The number of rotatable bonds is 28. The highest BCUT2D eigenvalue weighted by molar-refractivity contribution is 5.69. The number of carbonyl (C=O) groups excluding carboxylic acids is 3. The first kappa shape index (κ1) is 36.5. The number of hydrogen-bond acceptors (Lipinski definition) is 8. The molecule has 8 heteroatoms. The average Bonchev–Trinajstić information content (AvgIpc) is 2.88. The van der Waals surface area contributed by atoms with Crippen LogP contribution in [0.4, 0.5) is 0 Å². The van der Waals surface area contributed by atoms with Crippen LogP contribution in [0.2, 0.25) is 0 Å². The lowest BCUT2D eigenvalue weighted by Gasteiger charge is -2.27. The molecule has 0 aromatic carbocycles. The van der Waals surface area contributed by atoms with E-state index in [0.717, 1.165) is 83.3 Å². The fourth-order valence-corrected chi connectivity index (χ4v) is 4.31. The van der Waals surface area contributed by atoms with Crippen LogP contribution in [0.15, 0.2) is 0 Å². The molecule has 8 nitrogen and oxygen atoms in total. The zero-order chi connectivity index (χ0) is 28.3. The Hall–Kier alpha value is -1.51. The number of esters is 2. The number of nitrogens with zero attached hydrogens (tertiary/aromatic N) is 1. The first-order valence-electron chi connectivity index (χ1n) is 15.3. The SMILES string of the molecule is CCCCCCC(=O)OCCCCC(O)CN(CCCC=O)CC(O)CCCCOC(=O)CCCCCC. The standard InChI is InChI=1S/C30H57NO7/c1-3-5-7-9-19-29(35)37-23-15-11-17-27(33)25-31(21-13-14-22-32)26-28(34)18-12-16-24-38-30(36)20-10-8-6-4-2/h22,27-28,33-34H,3-21,23-26H2,1-2H3. The Morgan fingerprint density at radius 2 is 1.16 bits per heavy atom. The molecule has 0 amide bonds. The van der Waals surface area contributed by atoms with Crippen molar-refractivity contribution in [2.24, 2.45) is 0 Å². The van der Waals surface area contributed by atoms with Gasteiger partial charge in [0, 0.05) is 32.4 Å². The third-order valence-corrected chi connectivity index (χ3v) is 6.59. The van der Waals surface area contributed by atoms with Crippen molar-refractivity contribution in [2.45, 2.75) is 142 Å². The molecule has 0 saturated carbocycles. The van der Waals surface area contributed by atoms with E-state index in [1.165, 1.54) is 0 Å². The Labute approximate surface area is 231 Å². The molecule has 0 spiro atoms. The molecule has 0 aromatic heterocycles. The second-order valence-electron chi connectivity index (χ2n) is 10.4. The number of aldehydes is 1. The fraction of sp³-hybridized carbons (Fsp3) is 0.900. The number of aliphatic hydroxyl groups excluding tert-OH is 2. The molecule has 0 aliphatic carbocycles. The summed E-state index contributed by atoms with van der Waals surface area (Å²) in [5.41, 5.74) is 0. The van der Waals surface area contributed by atoms with E-state index in [9.17, 15) is 24.6 Å². The molecule has 2 unspecified atom stereocenters. The van der Waals surface area contributed by atoms with Crippen LogP contribution in [0.5, 0.6) is 0 Å². The Bertz CT molecular complexity index is 531. The summed E-state index contributed by atoms with van der Waals surface area (Å²) >= 11 is 0. The molecule has 2 N–H and O–H groups in total. The molecule has 0 aliphatic heterocycles. The van der Waals surface area contributed by atoms with Gasteiger partial charge >= 0.3 is 11.9 Å². The van der Waals surface area contributed by atoms with Crippen molar-refractivity contribution >= 4 is 18.2 Å². The molecule has 0 heterocycles. The zero-order valence-corrected chi connectivity index (χ0v) is 24.4. The van der Waals surface area contributed by atoms with E-state index in [1.54, 1.807) is 0 Å². The predicted octanol–water partition coefficient (Wildman–Crippen LogP) is 5.36. The smallest absolute Gasteiger partial charge is 0.305 e. The van der Waals surface area contributed by atoms with Crippen LogP contribution in [0.3, 0.4) is 0 Å². The molecular formula is C30H57NO7. The van der Waals surface area contributed by atoms with Gasteiger partial charge in [-0.05, 0) is 64.3 Å². The summed E-state index contributed by atoms with van der Waals surface area (Å²) in [4.78, 5) is 36.2. The highest BCUT2D eigenvalue weighted by atomic mass is 16.5. The van der Waals surface area contributed by atoms with Crippen LogP contribution < -0.4 is 0 Å². The van der Waals surface area contributed by atoms with Crippen LogP contribution in [0.25, 0.3) is 0 Å². The van der Waals surface area contributed by atoms with Crippen LogP contribution in [-0.4, -0.2) is 78.4 Å². The van der Waals surface area contributed by atoms with Gasteiger partial charge in [-0.1, -0.05) is 52.4 Å². The van der Waals surface area contributed by atoms with Crippen molar-refractivity contribution in [3.8, 4) is 0 Å². The minimum atomic E-state index is -0.542. The second-order valence-corrected chi connectivity index (χ2v) is 10.4. The van der Waals surface area contributed by atoms with E-state index >= 15 is 0 Å². The van der Waals surface area contributed by atoms with Gasteiger partial charge in [-0.2, -0.15) is 0 Å². The maximum Gasteiger partial charge on any atom is 0.305 e. The molecule has 0 aromatic rings. The molecule has 0 rings (SSSR count). The summed E-state index contributed by atoms with van der Waals surface area (Å²) in [5, 5.41) is 21.0. The summed E-state index contributed by atoms with van der Waals surface area (Å²) in [7, 11) is 0. The first-order chi connectivity index (χ1) is 18.4. The summed E-state index contributed by atoms with van der Waals surface area (Å²) in [5.74, 6) is -0.282. The fourth-order valence-electron chi connectivity index (χ4n) is 4.31. The Morgan fingerprint density at radius 3 is 1.58 bits per heavy atom. The van der Waals surface area contributed by atoms with E-state index in [0.29, 0.717) is 71.4 Å². The predicted molar refractivity (Wildman–Crippen MR) is 151 cm³/mol. The zero-order valence-electron chi connectivity index (χ0n) is 24.4. The van der Waals surface area contributed by atoms with E-state index < -0.39 is 12.2 Å². The molecule has 224 valence electrons. The first-order valence-corrected chi connectivity index (χ1v) is 15.3. The van der Waals surface area contributed by atoms with Gasteiger partial charge in [-0.15, -0.1) is 0 Å². The highest BCUT2D eigenvalue weighted by Gasteiger charge is 2.16. The third-order valence-electron chi connectivity index (χ3n) is 6.59. The van der Waals surface area contributed by atoms with Crippen molar-refractivity contribution in [2.75, 3.05) is 32.8 Å². The largest absolute Gasteiger partial charge is 0.466 e. The van der Waals surface area contributed by atoms with Gasteiger partial charge in [0.1, 0.15) is 6.29 Å². The Balaban J connectivity index is 4.09.